The van der Waals surface area contributed by atoms with Gasteiger partial charge >= 0.3 is 0 Å². The molecular weight excluding hydrogens is 238 g/mol. The van der Waals surface area contributed by atoms with Crippen LogP contribution in [0.1, 0.15) is 12.2 Å². The molecule has 0 aliphatic carbocycles. The smallest absolute Gasteiger partial charge is 0.157 e. The molecule has 1 aliphatic rings. The van der Waals surface area contributed by atoms with Crippen LogP contribution in [0.3, 0.4) is 0 Å². The van der Waals surface area contributed by atoms with Gasteiger partial charge in [-0.15, -0.1) is 0 Å². The van der Waals surface area contributed by atoms with Crippen molar-refractivity contribution in [2.24, 2.45) is 0 Å². The molecule has 0 fully saturated rings. The van der Waals surface area contributed by atoms with Crippen molar-refractivity contribution in [3.05, 3.63) is 60.8 Å². The monoisotopic (exact) mass is 251 g/mol. The Balaban J connectivity index is 1.97. The molecule has 2 heterocycles. The van der Waals surface area contributed by atoms with E-state index in [1.807, 2.05) is 41.4 Å². The first-order valence-corrected chi connectivity index (χ1v) is 6.14. The van der Waals surface area contributed by atoms with Crippen LogP contribution in [0.15, 0.2) is 55.0 Å². The number of hydrogen-bond donors (Lipinski definition) is 0. The molecule has 2 aromatic rings. The lowest BCUT2D eigenvalue weighted by Gasteiger charge is -2.25. The lowest BCUT2D eigenvalue weighted by Crippen LogP contribution is -2.29. The Bertz CT molecular complexity index is 608. The second-order valence-electron chi connectivity index (χ2n) is 4.41. The molecule has 0 saturated carbocycles. The molecule has 0 radical (unpaired) electrons. The summed E-state index contributed by atoms with van der Waals surface area (Å²) in [7, 11) is 0. The van der Waals surface area contributed by atoms with Gasteiger partial charge in [-0.1, -0.05) is 18.2 Å². The van der Waals surface area contributed by atoms with Crippen LogP contribution < -0.4 is 4.90 Å². The van der Waals surface area contributed by atoms with Crippen LogP contribution in [0, 0.1) is 0 Å². The standard InChI is InChI=1S/C15H13N3O/c19-14-9-12(15-16-7-4-8-17-15)10-18(11-14)13-5-2-1-3-6-13/h1-8,10H,9,11H2. The molecule has 94 valence electrons. The van der Waals surface area contributed by atoms with Crippen molar-refractivity contribution in [3.63, 3.8) is 0 Å². The quantitative estimate of drug-likeness (QED) is 0.821. The molecule has 1 aliphatic heterocycles. The van der Waals surface area contributed by atoms with Gasteiger partial charge in [0.15, 0.2) is 11.6 Å². The molecule has 0 N–H and O–H groups in total. The second-order valence-corrected chi connectivity index (χ2v) is 4.41. The van der Waals surface area contributed by atoms with Gasteiger partial charge in [0.25, 0.3) is 0 Å². The molecule has 19 heavy (non-hydrogen) atoms. The van der Waals surface area contributed by atoms with Crippen LogP contribution in [-0.4, -0.2) is 22.3 Å². The Kier molecular flexibility index (Phi) is 3.06. The Morgan fingerprint density at radius 1 is 1.00 bits per heavy atom. The largest absolute Gasteiger partial charge is 0.340 e. The fourth-order valence-electron chi connectivity index (χ4n) is 2.12. The third-order valence-corrected chi connectivity index (χ3v) is 2.99. The third-order valence-electron chi connectivity index (χ3n) is 2.99. The van der Waals surface area contributed by atoms with Crippen molar-refractivity contribution < 1.29 is 4.79 Å². The van der Waals surface area contributed by atoms with Crippen LogP contribution in [-0.2, 0) is 4.79 Å². The van der Waals surface area contributed by atoms with Crippen molar-refractivity contribution in [2.75, 3.05) is 11.4 Å². The average Bonchev–Trinajstić information content (AvgIpc) is 2.48. The zero-order valence-corrected chi connectivity index (χ0v) is 10.4. The Morgan fingerprint density at radius 3 is 2.47 bits per heavy atom. The van der Waals surface area contributed by atoms with Gasteiger partial charge in [0.05, 0.1) is 6.54 Å². The van der Waals surface area contributed by atoms with E-state index in [9.17, 15) is 4.79 Å². The molecule has 0 saturated heterocycles. The van der Waals surface area contributed by atoms with Crippen molar-refractivity contribution >= 4 is 17.0 Å². The van der Waals surface area contributed by atoms with Gasteiger partial charge < -0.3 is 4.90 Å². The maximum absolute atomic E-state index is 11.9. The van der Waals surface area contributed by atoms with Gasteiger partial charge in [-0.2, -0.15) is 0 Å². The lowest BCUT2D eigenvalue weighted by molar-refractivity contribution is -0.116. The lowest BCUT2D eigenvalue weighted by atomic mass is 10.0. The highest BCUT2D eigenvalue weighted by Gasteiger charge is 2.20. The molecule has 3 rings (SSSR count). The van der Waals surface area contributed by atoms with Crippen LogP contribution in [0.2, 0.25) is 0 Å². The number of Topliss-reactive ketones (excluding diaryl/α,β-unsaturated/α-hetero) is 1. The van der Waals surface area contributed by atoms with E-state index in [1.165, 1.54) is 0 Å². The van der Waals surface area contributed by atoms with Crippen molar-refractivity contribution in [2.45, 2.75) is 6.42 Å². The van der Waals surface area contributed by atoms with Crippen molar-refractivity contribution in [1.82, 2.24) is 9.97 Å². The normalized spacial score (nSPS) is 15.3. The van der Waals surface area contributed by atoms with Gasteiger partial charge in [0, 0.05) is 36.3 Å². The summed E-state index contributed by atoms with van der Waals surface area (Å²) in [4.78, 5) is 22.2. The minimum atomic E-state index is 0.175. The maximum atomic E-state index is 11.9. The summed E-state index contributed by atoms with van der Waals surface area (Å²) in [5, 5.41) is 0. The number of benzene rings is 1. The van der Waals surface area contributed by atoms with E-state index >= 15 is 0 Å². The number of carbonyl (C=O) groups excluding carboxylic acids is 1. The highest BCUT2D eigenvalue weighted by molar-refractivity contribution is 5.95. The summed E-state index contributed by atoms with van der Waals surface area (Å²) >= 11 is 0. The molecule has 0 unspecified atom stereocenters. The topological polar surface area (TPSA) is 46.1 Å². The van der Waals surface area contributed by atoms with Crippen LogP contribution in [0.4, 0.5) is 5.69 Å². The van der Waals surface area contributed by atoms with E-state index < -0.39 is 0 Å². The summed E-state index contributed by atoms with van der Waals surface area (Å²) < 4.78 is 0. The first kappa shape index (κ1) is 11.6. The zero-order valence-electron chi connectivity index (χ0n) is 10.4. The molecule has 0 bridgehead atoms. The predicted molar refractivity (Wildman–Crippen MR) is 73.4 cm³/mol. The minimum Gasteiger partial charge on any atom is -0.340 e. The number of aromatic nitrogens is 2. The Hall–Kier alpha value is -2.49. The summed E-state index contributed by atoms with van der Waals surface area (Å²) in [5.41, 5.74) is 1.87. The second kappa shape index (κ2) is 5.02. The fraction of sp³-hybridized carbons (Fsp3) is 0.133. The Morgan fingerprint density at radius 2 is 1.74 bits per heavy atom. The minimum absolute atomic E-state index is 0.175. The molecular formula is C15H13N3O. The van der Waals surface area contributed by atoms with Crippen LogP contribution in [0.25, 0.3) is 5.57 Å². The summed E-state index contributed by atoms with van der Waals surface area (Å²) in [6.07, 6.45) is 5.74. The number of rotatable bonds is 2. The number of anilines is 1. The van der Waals surface area contributed by atoms with E-state index in [-0.39, 0.29) is 5.78 Å². The van der Waals surface area contributed by atoms with Crippen molar-refractivity contribution in [1.29, 1.82) is 0 Å². The highest BCUT2D eigenvalue weighted by atomic mass is 16.1. The van der Waals surface area contributed by atoms with Gasteiger partial charge in [-0.05, 0) is 18.2 Å². The van der Waals surface area contributed by atoms with Crippen LogP contribution in [0.5, 0.6) is 0 Å². The first-order chi connectivity index (χ1) is 9.33. The van der Waals surface area contributed by atoms with Crippen molar-refractivity contribution in [3.8, 4) is 0 Å². The van der Waals surface area contributed by atoms with Gasteiger partial charge in [0.2, 0.25) is 0 Å². The number of hydrogen-bond acceptors (Lipinski definition) is 4. The van der Waals surface area contributed by atoms with E-state index in [0.717, 1.165) is 11.3 Å². The number of para-hydroxylation sites is 1. The van der Waals surface area contributed by atoms with E-state index in [1.54, 1.807) is 18.5 Å². The zero-order chi connectivity index (χ0) is 13.1. The SMILES string of the molecule is O=C1CC(c2ncccn2)=CN(c2ccccc2)C1. The Labute approximate surface area is 111 Å². The molecule has 1 aromatic heterocycles. The molecule has 0 amide bonds. The predicted octanol–water partition coefficient (Wildman–Crippen LogP) is 2.30. The average molecular weight is 251 g/mol. The van der Waals surface area contributed by atoms with E-state index in [2.05, 4.69) is 9.97 Å². The molecule has 1 aromatic carbocycles. The summed E-state index contributed by atoms with van der Waals surface area (Å²) in [5.74, 6) is 0.797. The van der Waals surface area contributed by atoms with E-state index in [0.29, 0.717) is 18.8 Å². The third kappa shape index (κ3) is 2.52. The number of ketones is 1. The molecule has 4 nitrogen and oxygen atoms in total. The summed E-state index contributed by atoms with van der Waals surface area (Å²) in [6.45, 7) is 0.403. The van der Waals surface area contributed by atoms with Crippen LogP contribution >= 0.6 is 0 Å². The first-order valence-electron chi connectivity index (χ1n) is 6.14. The molecule has 0 spiro atoms. The van der Waals surface area contributed by atoms with E-state index in [4.69, 9.17) is 0 Å². The number of allylic oxidation sites excluding steroid dienone is 1. The molecule has 0 atom stereocenters. The van der Waals surface area contributed by atoms with Gasteiger partial charge in [-0.25, -0.2) is 9.97 Å². The highest BCUT2D eigenvalue weighted by Crippen LogP contribution is 2.24. The van der Waals surface area contributed by atoms with Gasteiger partial charge in [0.1, 0.15) is 0 Å². The number of nitrogens with zero attached hydrogens (tertiary/aromatic N) is 3. The maximum Gasteiger partial charge on any atom is 0.157 e. The molecule has 4 heteroatoms. The number of carbonyl (C=O) groups is 1. The summed E-state index contributed by atoms with van der Waals surface area (Å²) in [6, 6.07) is 11.6. The fourth-order valence-corrected chi connectivity index (χ4v) is 2.12. The van der Waals surface area contributed by atoms with Gasteiger partial charge in [-0.3, -0.25) is 4.79 Å².